The molecule has 24 heavy (non-hydrogen) atoms. The van der Waals surface area contributed by atoms with E-state index in [0.717, 1.165) is 20.6 Å². The maximum absolute atomic E-state index is 12.5. The number of hydrogen-bond acceptors (Lipinski definition) is 4. The molecule has 2 heterocycles. The van der Waals surface area contributed by atoms with Crippen LogP contribution in [0.1, 0.15) is 35.7 Å². The van der Waals surface area contributed by atoms with Gasteiger partial charge in [0.2, 0.25) is 5.91 Å². The Hall–Kier alpha value is -1.99. The Morgan fingerprint density at radius 3 is 2.79 bits per heavy atom. The number of aliphatic carboxylic acids is 1. The maximum atomic E-state index is 12.5. The van der Waals surface area contributed by atoms with E-state index in [1.807, 2.05) is 41.8 Å². The van der Waals surface area contributed by atoms with Crippen molar-refractivity contribution in [2.75, 3.05) is 0 Å². The molecule has 0 saturated heterocycles. The van der Waals surface area contributed by atoms with Gasteiger partial charge in [-0.25, -0.2) is 5.01 Å². The fraction of sp³-hybridized carbons (Fsp3) is 0.235. The largest absolute Gasteiger partial charge is 0.481 e. The lowest BCUT2D eigenvalue weighted by molar-refractivity contribution is -0.141. The van der Waals surface area contributed by atoms with Gasteiger partial charge in [0.1, 0.15) is 0 Å². The quantitative estimate of drug-likeness (QED) is 0.813. The minimum atomic E-state index is -0.982. The van der Waals surface area contributed by atoms with E-state index in [1.165, 1.54) is 5.01 Å². The van der Waals surface area contributed by atoms with E-state index in [4.69, 9.17) is 5.11 Å². The SMILES string of the molecule is O=C(O)CCC(=O)N1N=C(c2cccs2)C[C@H]1c1cccc(Br)c1. The number of carboxylic acid groups (broad SMARTS) is 1. The van der Waals surface area contributed by atoms with E-state index in [0.29, 0.717) is 6.42 Å². The number of amides is 1. The highest BCUT2D eigenvalue weighted by molar-refractivity contribution is 9.10. The van der Waals surface area contributed by atoms with E-state index < -0.39 is 5.97 Å². The van der Waals surface area contributed by atoms with Crippen molar-refractivity contribution >= 4 is 44.9 Å². The standard InChI is InChI=1S/C17H15BrN2O3S/c18-12-4-1-3-11(9-12)14-10-13(15-5-2-8-24-15)19-20(14)16(21)6-7-17(22)23/h1-5,8-9,14H,6-7,10H2,(H,22,23)/t14-/m0/s1. The Morgan fingerprint density at radius 2 is 2.12 bits per heavy atom. The lowest BCUT2D eigenvalue weighted by Crippen LogP contribution is -2.27. The summed E-state index contributed by atoms with van der Waals surface area (Å²) < 4.78 is 0.933. The van der Waals surface area contributed by atoms with E-state index in [9.17, 15) is 9.59 Å². The monoisotopic (exact) mass is 406 g/mol. The van der Waals surface area contributed by atoms with Crippen LogP contribution >= 0.6 is 27.3 Å². The van der Waals surface area contributed by atoms with Crippen molar-refractivity contribution in [3.63, 3.8) is 0 Å². The van der Waals surface area contributed by atoms with E-state index in [-0.39, 0.29) is 24.8 Å². The summed E-state index contributed by atoms with van der Waals surface area (Å²) >= 11 is 5.03. The molecule has 5 nitrogen and oxygen atoms in total. The third-order valence-electron chi connectivity index (χ3n) is 3.76. The Bertz CT molecular complexity index is 789. The first-order valence-electron chi connectivity index (χ1n) is 7.45. The summed E-state index contributed by atoms with van der Waals surface area (Å²) in [5.74, 6) is -1.25. The first-order valence-corrected chi connectivity index (χ1v) is 9.12. The molecule has 1 aliphatic rings. The van der Waals surface area contributed by atoms with Crippen LogP contribution in [0.5, 0.6) is 0 Å². The molecule has 0 radical (unpaired) electrons. The van der Waals surface area contributed by atoms with Crippen molar-refractivity contribution in [1.82, 2.24) is 5.01 Å². The van der Waals surface area contributed by atoms with Crippen molar-refractivity contribution in [1.29, 1.82) is 0 Å². The molecule has 0 saturated carbocycles. The highest BCUT2D eigenvalue weighted by atomic mass is 79.9. The zero-order valence-corrected chi connectivity index (χ0v) is 15.1. The molecule has 7 heteroatoms. The van der Waals surface area contributed by atoms with Gasteiger partial charge in [-0.1, -0.05) is 34.1 Å². The molecule has 1 aliphatic heterocycles. The van der Waals surface area contributed by atoms with Crippen LogP contribution in [-0.2, 0) is 9.59 Å². The molecule has 0 fully saturated rings. The summed E-state index contributed by atoms with van der Waals surface area (Å²) in [5, 5.41) is 16.7. The number of rotatable bonds is 5. The lowest BCUT2D eigenvalue weighted by Gasteiger charge is -2.22. The smallest absolute Gasteiger partial charge is 0.303 e. The summed E-state index contributed by atoms with van der Waals surface area (Å²) in [6.07, 6.45) is 0.376. The van der Waals surface area contributed by atoms with Gasteiger partial charge in [-0.3, -0.25) is 9.59 Å². The number of hydrogen-bond donors (Lipinski definition) is 1. The molecular formula is C17H15BrN2O3S. The van der Waals surface area contributed by atoms with Crippen LogP contribution in [0.3, 0.4) is 0 Å². The van der Waals surface area contributed by atoms with Crippen LogP contribution in [-0.4, -0.2) is 27.7 Å². The lowest BCUT2D eigenvalue weighted by atomic mass is 10.0. The molecule has 0 bridgehead atoms. The molecule has 1 N–H and O–H groups in total. The second-order valence-corrected chi connectivity index (χ2v) is 7.29. The van der Waals surface area contributed by atoms with Crippen LogP contribution in [0.25, 0.3) is 0 Å². The number of halogens is 1. The van der Waals surface area contributed by atoms with Gasteiger partial charge in [0.15, 0.2) is 0 Å². The molecular weight excluding hydrogens is 392 g/mol. The first-order chi connectivity index (χ1) is 11.5. The van der Waals surface area contributed by atoms with Crippen molar-refractivity contribution < 1.29 is 14.7 Å². The predicted molar refractivity (Wildman–Crippen MR) is 96.1 cm³/mol. The highest BCUT2D eigenvalue weighted by Crippen LogP contribution is 2.35. The van der Waals surface area contributed by atoms with Crippen molar-refractivity contribution in [2.24, 2.45) is 5.10 Å². The molecule has 1 aromatic carbocycles. The number of carbonyl (C=O) groups excluding carboxylic acids is 1. The molecule has 0 unspecified atom stereocenters. The number of thiophene rings is 1. The molecule has 1 aromatic heterocycles. The predicted octanol–water partition coefficient (Wildman–Crippen LogP) is 4.05. The maximum Gasteiger partial charge on any atom is 0.303 e. The van der Waals surface area contributed by atoms with Gasteiger partial charge in [-0.05, 0) is 29.1 Å². The summed E-state index contributed by atoms with van der Waals surface area (Å²) in [6.45, 7) is 0. The van der Waals surface area contributed by atoms with Gasteiger partial charge >= 0.3 is 5.97 Å². The van der Waals surface area contributed by atoms with Crippen LogP contribution in [0.4, 0.5) is 0 Å². The van der Waals surface area contributed by atoms with Crippen molar-refractivity contribution in [2.45, 2.75) is 25.3 Å². The molecule has 1 amide bonds. The molecule has 124 valence electrons. The van der Waals surface area contributed by atoms with Crippen LogP contribution in [0.15, 0.2) is 51.4 Å². The average Bonchev–Trinajstić information content (AvgIpc) is 3.21. The second-order valence-electron chi connectivity index (χ2n) is 5.43. The van der Waals surface area contributed by atoms with Gasteiger partial charge in [0.05, 0.1) is 23.1 Å². The molecule has 3 rings (SSSR count). The summed E-state index contributed by atoms with van der Waals surface area (Å²) in [4.78, 5) is 24.3. The fourth-order valence-electron chi connectivity index (χ4n) is 2.63. The van der Waals surface area contributed by atoms with Gasteiger partial charge in [-0.2, -0.15) is 5.10 Å². The minimum Gasteiger partial charge on any atom is -0.481 e. The normalized spacial score (nSPS) is 17.0. The third kappa shape index (κ3) is 3.73. The number of hydrazone groups is 1. The first kappa shape index (κ1) is 16.9. The average molecular weight is 407 g/mol. The van der Waals surface area contributed by atoms with Crippen molar-refractivity contribution in [3.8, 4) is 0 Å². The van der Waals surface area contributed by atoms with Crippen molar-refractivity contribution in [3.05, 3.63) is 56.7 Å². The van der Waals surface area contributed by atoms with Gasteiger partial charge in [-0.15, -0.1) is 11.3 Å². The minimum absolute atomic E-state index is 0.0545. The van der Waals surface area contributed by atoms with E-state index in [1.54, 1.807) is 11.3 Å². The number of carbonyl (C=O) groups is 2. The molecule has 0 aliphatic carbocycles. The summed E-state index contributed by atoms with van der Waals surface area (Å²) in [5.41, 5.74) is 1.84. The second kappa shape index (κ2) is 7.27. The van der Waals surface area contributed by atoms with Gasteiger partial charge in [0.25, 0.3) is 0 Å². The number of nitrogens with zero attached hydrogens (tertiary/aromatic N) is 2. The summed E-state index contributed by atoms with van der Waals surface area (Å²) in [7, 11) is 0. The van der Waals surface area contributed by atoms with E-state index in [2.05, 4.69) is 21.0 Å². The van der Waals surface area contributed by atoms with E-state index >= 15 is 0 Å². The zero-order chi connectivity index (χ0) is 17.1. The van der Waals surface area contributed by atoms with Crippen LogP contribution in [0, 0.1) is 0 Å². The topological polar surface area (TPSA) is 70.0 Å². The summed E-state index contributed by atoms with van der Waals surface area (Å²) in [6, 6.07) is 11.5. The number of carboxylic acids is 1. The molecule has 2 aromatic rings. The number of benzene rings is 1. The Kier molecular flexibility index (Phi) is 5.11. The van der Waals surface area contributed by atoms with Crippen LogP contribution in [0.2, 0.25) is 0 Å². The van der Waals surface area contributed by atoms with Gasteiger partial charge < -0.3 is 5.11 Å². The Morgan fingerprint density at radius 1 is 1.29 bits per heavy atom. The third-order valence-corrected chi connectivity index (χ3v) is 5.17. The Labute approximate surface area is 151 Å². The Balaban J connectivity index is 1.89. The molecule has 1 atom stereocenters. The zero-order valence-electron chi connectivity index (χ0n) is 12.7. The van der Waals surface area contributed by atoms with Crippen LogP contribution < -0.4 is 0 Å². The van der Waals surface area contributed by atoms with Gasteiger partial charge in [0, 0.05) is 17.3 Å². The fourth-order valence-corrected chi connectivity index (χ4v) is 3.77. The highest BCUT2D eigenvalue weighted by Gasteiger charge is 2.33. The molecule has 0 spiro atoms.